The molecular weight excluding hydrogens is 370 g/mol. The van der Waals surface area contributed by atoms with Crippen LogP contribution >= 0.6 is 0 Å². The number of anilines is 1. The van der Waals surface area contributed by atoms with E-state index in [1.807, 2.05) is 58.0 Å². The first-order valence-electron chi connectivity index (χ1n) is 9.74. The van der Waals surface area contributed by atoms with Crippen molar-refractivity contribution in [3.63, 3.8) is 0 Å². The van der Waals surface area contributed by atoms with Gasteiger partial charge in [-0.05, 0) is 81.1 Å². The summed E-state index contributed by atoms with van der Waals surface area (Å²) in [7, 11) is 0. The molecule has 0 unspecified atom stereocenters. The molecule has 4 N–H and O–H groups in total. The standard InChI is InChI=1S/C22H29N3O4/c1-11-6-7-16(8-12(11)2)24-25-18-10-14(4)13(3)9-17(18)23-22-21(28)20(27)19(26)15(5)29-22/h6-10,15,19-23,26-28H,1-5H3/t15-,19+,20+,21-,22+/m0/s1. The van der Waals surface area contributed by atoms with Gasteiger partial charge in [0.25, 0.3) is 0 Å². The molecule has 1 aliphatic rings. The van der Waals surface area contributed by atoms with Crippen molar-refractivity contribution in [1.82, 2.24) is 0 Å². The quantitative estimate of drug-likeness (QED) is 0.588. The van der Waals surface area contributed by atoms with Crippen LogP contribution in [0.2, 0.25) is 0 Å². The fourth-order valence-corrected chi connectivity index (χ4v) is 3.22. The van der Waals surface area contributed by atoms with Crippen LogP contribution in [0.3, 0.4) is 0 Å². The first kappa shape index (κ1) is 21.4. The van der Waals surface area contributed by atoms with E-state index in [1.54, 1.807) is 6.92 Å². The van der Waals surface area contributed by atoms with Crippen molar-refractivity contribution >= 4 is 17.1 Å². The maximum atomic E-state index is 10.3. The second-order valence-corrected chi connectivity index (χ2v) is 7.80. The zero-order valence-corrected chi connectivity index (χ0v) is 17.4. The van der Waals surface area contributed by atoms with Gasteiger partial charge in [-0.15, -0.1) is 5.11 Å². The number of aliphatic hydroxyl groups excluding tert-OH is 3. The molecule has 29 heavy (non-hydrogen) atoms. The molecule has 0 aliphatic carbocycles. The molecule has 2 aromatic rings. The average Bonchev–Trinajstić information content (AvgIpc) is 2.68. The number of ether oxygens (including phenoxy) is 1. The van der Waals surface area contributed by atoms with Gasteiger partial charge in [0.2, 0.25) is 0 Å². The molecule has 1 aliphatic heterocycles. The first-order valence-corrected chi connectivity index (χ1v) is 9.74. The third-order valence-corrected chi connectivity index (χ3v) is 5.53. The number of hydrogen-bond donors (Lipinski definition) is 4. The number of nitrogens with one attached hydrogen (secondary N) is 1. The molecule has 5 atom stereocenters. The maximum absolute atomic E-state index is 10.3. The molecular formula is C22H29N3O4. The summed E-state index contributed by atoms with van der Waals surface area (Å²) >= 11 is 0. The zero-order valence-electron chi connectivity index (χ0n) is 17.4. The Morgan fingerprint density at radius 1 is 0.793 bits per heavy atom. The largest absolute Gasteiger partial charge is 0.388 e. The molecule has 2 aromatic carbocycles. The van der Waals surface area contributed by atoms with Crippen molar-refractivity contribution in [3.05, 3.63) is 52.6 Å². The lowest BCUT2D eigenvalue weighted by Gasteiger charge is -2.40. The maximum Gasteiger partial charge on any atom is 0.157 e. The molecule has 0 saturated carbocycles. The molecule has 156 valence electrons. The van der Waals surface area contributed by atoms with Crippen LogP contribution < -0.4 is 5.32 Å². The van der Waals surface area contributed by atoms with E-state index in [1.165, 1.54) is 5.56 Å². The van der Waals surface area contributed by atoms with Gasteiger partial charge < -0.3 is 25.4 Å². The van der Waals surface area contributed by atoms with Gasteiger partial charge in [0.1, 0.15) is 24.0 Å². The minimum absolute atomic E-state index is 0.593. The highest BCUT2D eigenvalue weighted by molar-refractivity contribution is 5.68. The van der Waals surface area contributed by atoms with Gasteiger partial charge in [-0.3, -0.25) is 0 Å². The number of azo groups is 1. The molecule has 7 heteroatoms. The smallest absolute Gasteiger partial charge is 0.157 e. The van der Waals surface area contributed by atoms with Crippen LogP contribution in [0.5, 0.6) is 0 Å². The number of aryl methyl sites for hydroxylation is 4. The van der Waals surface area contributed by atoms with Crippen LogP contribution in [0.4, 0.5) is 17.1 Å². The second kappa shape index (κ2) is 8.59. The van der Waals surface area contributed by atoms with Gasteiger partial charge in [-0.2, -0.15) is 5.11 Å². The molecule has 0 radical (unpaired) electrons. The Hall–Kier alpha value is -2.32. The molecule has 1 fully saturated rings. The fraction of sp³-hybridized carbons (Fsp3) is 0.455. The van der Waals surface area contributed by atoms with Gasteiger partial charge in [-0.25, -0.2) is 0 Å². The molecule has 7 nitrogen and oxygen atoms in total. The van der Waals surface area contributed by atoms with Gasteiger partial charge >= 0.3 is 0 Å². The Kier molecular flexibility index (Phi) is 6.33. The Labute approximate surface area is 171 Å². The van der Waals surface area contributed by atoms with E-state index in [2.05, 4.69) is 15.5 Å². The zero-order chi connectivity index (χ0) is 21.3. The summed E-state index contributed by atoms with van der Waals surface area (Å²) in [6, 6.07) is 9.70. The monoisotopic (exact) mass is 399 g/mol. The van der Waals surface area contributed by atoms with E-state index in [0.717, 1.165) is 22.4 Å². The number of nitrogens with zero attached hydrogens (tertiary/aromatic N) is 2. The summed E-state index contributed by atoms with van der Waals surface area (Å²) in [5.41, 5.74) is 6.39. The van der Waals surface area contributed by atoms with Gasteiger partial charge in [0.15, 0.2) is 6.23 Å². The minimum Gasteiger partial charge on any atom is -0.388 e. The molecule has 0 bridgehead atoms. The average molecular weight is 399 g/mol. The van der Waals surface area contributed by atoms with Crippen LogP contribution in [-0.4, -0.2) is 46.0 Å². The fourth-order valence-electron chi connectivity index (χ4n) is 3.22. The van der Waals surface area contributed by atoms with E-state index in [0.29, 0.717) is 11.4 Å². The van der Waals surface area contributed by atoms with Crippen molar-refractivity contribution in [1.29, 1.82) is 0 Å². The SMILES string of the molecule is Cc1ccc(N=Nc2cc(C)c(C)cc2N[C@@H]2O[C@@H](C)[C@@H](O)[C@@H](O)[C@@H]2O)cc1C. The van der Waals surface area contributed by atoms with E-state index < -0.39 is 30.6 Å². The van der Waals surface area contributed by atoms with E-state index >= 15 is 0 Å². The highest BCUT2D eigenvalue weighted by Crippen LogP contribution is 2.33. The lowest BCUT2D eigenvalue weighted by molar-refractivity contribution is -0.209. The van der Waals surface area contributed by atoms with E-state index in [4.69, 9.17) is 4.74 Å². The van der Waals surface area contributed by atoms with Gasteiger partial charge in [-0.1, -0.05) is 6.07 Å². The summed E-state index contributed by atoms with van der Waals surface area (Å²) < 4.78 is 5.66. The third-order valence-electron chi connectivity index (χ3n) is 5.53. The molecule has 0 amide bonds. The topological polar surface area (TPSA) is 107 Å². The highest BCUT2D eigenvalue weighted by Gasteiger charge is 2.41. The van der Waals surface area contributed by atoms with Crippen molar-refractivity contribution in [3.8, 4) is 0 Å². The van der Waals surface area contributed by atoms with Crippen LogP contribution in [0, 0.1) is 27.7 Å². The van der Waals surface area contributed by atoms with Crippen molar-refractivity contribution in [2.24, 2.45) is 10.2 Å². The summed E-state index contributed by atoms with van der Waals surface area (Å²) in [5.74, 6) is 0. The number of benzene rings is 2. The first-order chi connectivity index (χ1) is 13.7. The summed E-state index contributed by atoms with van der Waals surface area (Å²) in [4.78, 5) is 0. The second-order valence-electron chi connectivity index (χ2n) is 7.80. The summed E-state index contributed by atoms with van der Waals surface area (Å²) in [5, 5.41) is 42.1. The summed E-state index contributed by atoms with van der Waals surface area (Å²) in [6.45, 7) is 9.69. The van der Waals surface area contributed by atoms with Crippen LogP contribution in [0.15, 0.2) is 40.6 Å². The highest BCUT2D eigenvalue weighted by atomic mass is 16.5. The Morgan fingerprint density at radius 3 is 2.14 bits per heavy atom. The van der Waals surface area contributed by atoms with Gasteiger partial charge in [0.05, 0.1) is 17.5 Å². The molecule has 0 spiro atoms. The van der Waals surface area contributed by atoms with Crippen molar-refractivity contribution in [2.45, 2.75) is 65.3 Å². The Balaban J connectivity index is 1.89. The van der Waals surface area contributed by atoms with Crippen molar-refractivity contribution < 1.29 is 20.1 Å². The Bertz CT molecular complexity index is 915. The normalized spacial score (nSPS) is 27.4. The Morgan fingerprint density at radius 2 is 1.45 bits per heavy atom. The molecule has 1 heterocycles. The van der Waals surface area contributed by atoms with Gasteiger partial charge in [0, 0.05) is 0 Å². The minimum atomic E-state index is -1.30. The van der Waals surface area contributed by atoms with E-state index in [-0.39, 0.29) is 0 Å². The van der Waals surface area contributed by atoms with E-state index in [9.17, 15) is 15.3 Å². The number of rotatable bonds is 4. The molecule has 0 aromatic heterocycles. The molecule has 1 saturated heterocycles. The van der Waals surface area contributed by atoms with Crippen LogP contribution in [0.1, 0.15) is 29.2 Å². The lowest BCUT2D eigenvalue weighted by atomic mass is 9.98. The summed E-state index contributed by atoms with van der Waals surface area (Å²) in [6.07, 6.45) is -5.25. The predicted octanol–water partition coefficient (Wildman–Crippen LogP) is 3.58. The number of aliphatic hydroxyl groups is 3. The predicted molar refractivity (Wildman–Crippen MR) is 112 cm³/mol. The van der Waals surface area contributed by atoms with Crippen LogP contribution in [0.25, 0.3) is 0 Å². The lowest BCUT2D eigenvalue weighted by Crippen LogP contribution is -2.58. The number of hydrogen-bond acceptors (Lipinski definition) is 7. The third kappa shape index (κ3) is 4.64. The van der Waals surface area contributed by atoms with Crippen molar-refractivity contribution in [2.75, 3.05) is 5.32 Å². The molecule has 3 rings (SSSR count). The van der Waals surface area contributed by atoms with Crippen LogP contribution in [-0.2, 0) is 4.74 Å².